The zero-order valence-corrected chi connectivity index (χ0v) is 28.5. The lowest BCUT2D eigenvalue weighted by molar-refractivity contribution is -0.159. The van der Waals surface area contributed by atoms with Crippen molar-refractivity contribution in [1.82, 2.24) is 20.1 Å². The van der Waals surface area contributed by atoms with Gasteiger partial charge in [-0.1, -0.05) is 55.3 Å². The number of aromatic nitrogens is 1. The Morgan fingerprint density at radius 1 is 1.04 bits per heavy atom. The molecule has 11 nitrogen and oxygen atoms in total. The topological polar surface area (TPSA) is 146 Å². The lowest BCUT2D eigenvalue weighted by atomic mass is 9.92. The zero-order valence-electron chi connectivity index (χ0n) is 28.5. The summed E-state index contributed by atoms with van der Waals surface area (Å²) in [5.41, 5.74) is -0.110. The summed E-state index contributed by atoms with van der Waals surface area (Å²) >= 11 is 0. The number of fused-ring (bicyclic) bond motifs is 4. The van der Waals surface area contributed by atoms with Crippen LogP contribution >= 0.6 is 0 Å². The fourth-order valence-electron chi connectivity index (χ4n) is 7.77. The number of carbonyl (C=O) groups excluding carboxylic acids is 4. The number of pyridine rings is 1. The number of hydrogen-bond donors (Lipinski definition) is 2. The van der Waals surface area contributed by atoms with Crippen LogP contribution in [0.1, 0.15) is 76.1 Å². The first-order valence-corrected chi connectivity index (χ1v) is 17.4. The van der Waals surface area contributed by atoms with Crippen LogP contribution in [0.5, 0.6) is 0 Å². The van der Waals surface area contributed by atoms with Gasteiger partial charge in [-0.2, -0.15) is 0 Å². The van der Waals surface area contributed by atoms with Crippen LogP contribution in [0, 0.1) is 23.7 Å². The van der Waals surface area contributed by atoms with Crippen LogP contribution in [0.2, 0.25) is 0 Å². The standard InChI is InChI=1S/C38H46N4O7/c1-37(2,3)49-31(43)19-25-14-8-5-4-6-11-15-28-20-38(28,36(47)48)40-33(44)32-29-23-41(21-27(29)22-42(32)35(25)46)34(45)26-16-17-39-30(18-26)24-12-9-7-10-13-24/h7,9-13,15-18,25,27-29,32H,4-6,8,14,19-23H2,1-3H3,(H,40,44)(H,47,48)/b15-11-/t25-,27-,28+,29-,32-,38+/m0/s1. The molecule has 4 heterocycles. The first kappa shape index (κ1) is 34.3. The number of benzene rings is 1. The van der Waals surface area contributed by atoms with E-state index >= 15 is 0 Å². The molecule has 260 valence electrons. The Hall–Kier alpha value is -4.54. The predicted octanol–water partition coefficient (Wildman–Crippen LogP) is 4.48. The van der Waals surface area contributed by atoms with Crippen LogP contribution in [-0.4, -0.2) is 86.4 Å². The molecule has 4 aliphatic rings. The largest absolute Gasteiger partial charge is 0.479 e. The van der Waals surface area contributed by atoms with Crippen molar-refractivity contribution in [2.45, 2.75) is 82.9 Å². The van der Waals surface area contributed by atoms with E-state index in [-0.39, 0.29) is 49.6 Å². The van der Waals surface area contributed by atoms with Crippen LogP contribution in [0.4, 0.5) is 0 Å². The molecule has 0 bridgehead atoms. The van der Waals surface area contributed by atoms with E-state index in [9.17, 15) is 29.1 Å². The Bertz CT molecular complexity index is 1640. The molecular weight excluding hydrogens is 624 g/mol. The molecule has 2 saturated heterocycles. The van der Waals surface area contributed by atoms with Crippen molar-refractivity contribution in [2.24, 2.45) is 23.7 Å². The van der Waals surface area contributed by atoms with Crippen molar-refractivity contribution in [1.29, 1.82) is 0 Å². The minimum absolute atomic E-state index is 0.103. The molecule has 49 heavy (non-hydrogen) atoms. The summed E-state index contributed by atoms with van der Waals surface area (Å²) in [5, 5.41) is 13.1. The normalized spacial score (nSPS) is 29.4. The summed E-state index contributed by atoms with van der Waals surface area (Å²) in [5.74, 6) is -4.23. The minimum atomic E-state index is -1.44. The highest BCUT2D eigenvalue weighted by atomic mass is 16.6. The van der Waals surface area contributed by atoms with Crippen LogP contribution in [0.15, 0.2) is 60.8 Å². The number of allylic oxidation sites excluding steroid dienone is 1. The number of ether oxygens (including phenoxy) is 1. The van der Waals surface area contributed by atoms with Gasteiger partial charge < -0.3 is 25.0 Å². The van der Waals surface area contributed by atoms with Crippen molar-refractivity contribution in [3.63, 3.8) is 0 Å². The summed E-state index contributed by atoms with van der Waals surface area (Å²) < 4.78 is 5.59. The molecule has 6 atom stereocenters. The fraction of sp³-hybridized carbons (Fsp3) is 0.526. The van der Waals surface area contributed by atoms with Gasteiger partial charge >= 0.3 is 11.9 Å². The maximum Gasteiger partial charge on any atom is 0.330 e. The van der Waals surface area contributed by atoms with Gasteiger partial charge in [-0.25, -0.2) is 4.79 Å². The molecule has 3 amide bonds. The lowest BCUT2D eigenvalue weighted by Gasteiger charge is -2.32. The smallest absolute Gasteiger partial charge is 0.330 e. The molecule has 11 heteroatoms. The van der Waals surface area contributed by atoms with Gasteiger partial charge in [0.05, 0.1) is 12.1 Å². The van der Waals surface area contributed by atoms with Gasteiger partial charge in [-0.05, 0) is 58.6 Å². The molecule has 1 aliphatic carbocycles. The van der Waals surface area contributed by atoms with Crippen LogP contribution in [0.25, 0.3) is 11.3 Å². The minimum Gasteiger partial charge on any atom is -0.479 e. The molecule has 0 radical (unpaired) electrons. The fourth-order valence-corrected chi connectivity index (χ4v) is 7.77. The van der Waals surface area contributed by atoms with Crippen molar-refractivity contribution >= 4 is 29.7 Å². The maximum absolute atomic E-state index is 14.4. The van der Waals surface area contributed by atoms with Gasteiger partial charge in [0, 0.05) is 60.6 Å². The van der Waals surface area contributed by atoms with Gasteiger partial charge in [0.15, 0.2) is 0 Å². The number of carbonyl (C=O) groups is 5. The first-order valence-electron chi connectivity index (χ1n) is 17.4. The number of likely N-dealkylation sites (tertiary alicyclic amines) is 1. The molecule has 2 N–H and O–H groups in total. The van der Waals surface area contributed by atoms with Crippen LogP contribution in [-0.2, 0) is 23.9 Å². The third kappa shape index (κ3) is 7.40. The van der Waals surface area contributed by atoms with E-state index in [4.69, 9.17) is 4.74 Å². The molecule has 1 aromatic heterocycles. The van der Waals surface area contributed by atoms with Crippen molar-refractivity contribution in [3.05, 3.63) is 66.4 Å². The van der Waals surface area contributed by atoms with Gasteiger partial charge in [-0.3, -0.25) is 24.2 Å². The highest BCUT2D eigenvalue weighted by Gasteiger charge is 2.62. The Balaban J connectivity index is 1.27. The summed E-state index contributed by atoms with van der Waals surface area (Å²) in [6.07, 6.45) is 9.32. The second-order valence-corrected chi connectivity index (χ2v) is 15.0. The number of esters is 1. The number of rotatable bonds is 5. The highest BCUT2D eigenvalue weighted by molar-refractivity contribution is 5.97. The molecule has 0 unspecified atom stereocenters. The van der Waals surface area contributed by atoms with E-state index in [1.165, 1.54) is 0 Å². The number of amides is 3. The molecule has 0 spiro atoms. The van der Waals surface area contributed by atoms with E-state index < -0.39 is 46.9 Å². The Morgan fingerprint density at radius 3 is 2.55 bits per heavy atom. The van der Waals surface area contributed by atoms with Gasteiger partial charge in [0.2, 0.25) is 11.8 Å². The molecular formula is C38H46N4O7. The highest BCUT2D eigenvalue weighted by Crippen LogP contribution is 2.46. The number of hydrogen-bond acceptors (Lipinski definition) is 7. The maximum atomic E-state index is 14.4. The SMILES string of the molecule is CC(C)(C)OC(=O)C[C@@H]1CCCCC/C=C\[C@@H]2C[C@@]2(C(=O)O)NC(=O)[C@@H]2[C@H]3CN(C(=O)c4ccnc(-c5ccccc5)c4)C[C@H]3CN2C1=O. The number of aliphatic carboxylic acids is 1. The Morgan fingerprint density at radius 2 is 1.82 bits per heavy atom. The van der Waals surface area contributed by atoms with Crippen molar-refractivity contribution < 1.29 is 33.8 Å². The monoisotopic (exact) mass is 670 g/mol. The molecule has 3 aliphatic heterocycles. The molecule has 3 fully saturated rings. The van der Waals surface area contributed by atoms with Crippen LogP contribution in [0.3, 0.4) is 0 Å². The summed E-state index contributed by atoms with van der Waals surface area (Å²) in [4.78, 5) is 75.7. The Kier molecular flexibility index (Phi) is 9.64. The number of nitrogens with zero attached hydrogens (tertiary/aromatic N) is 3. The number of carboxylic acids is 1. The summed E-state index contributed by atoms with van der Waals surface area (Å²) in [7, 11) is 0. The third-order valence-electron chi connectivity index (χ3n) is 10.3. The van der Waals surface area contributed by atoms with Gasteiger partial charge in [-0.15, -0.1) is 0 Å². The zero-order chi connectivity index (χ0) is 34.9. The second kappa shape index (κ2) is 13.8. The average molecular weight is 671 g/mol. The van der Waals surface area contributed by atoms with Crippen molar-refractivity contribution in [2.75, 3.05) is 19.6 Å². The third-order valence-corrected chi connectivity index (χ3v) is 10.3. The van der Waals surface area contributed by atoms with E-state index in [1.807, 2.05) is 42.5 Å². The molecule has 6 rings (SSSR count). The summed E-state index contributed by atoms with van der Waals surface area (Å²) in [6, 6.07) is 12.0. The second-order valence-electron chi connectivity index (χ2n) is 15.0. The predicted molar refractivity (Wildman–Crippen MR) is 181 cm³/mol. The van der Waals surface area contributed by atoms with E-state index in [2.05, 4.69) is 10.3 Å². The Labute approximate surface area is 287 Å². The van der Waals surface area contributed by atoms with E-state index in [0.717, 1.165) is 31.2 Å². The van der Waals surface area contributed by atoms with Gasteiger partial charge in [0.25, 0.3) is 5.91 Å². The van der Waals surface area contributed by atoms with Crippen LogP contribution < -0.4 is 5.32 Å². The van der Waals surface area contributed by atoms with Crippen molar-refractivity contribution in [3.8, 4) is 11.3 Å². The lowest BCUT2D eigenvalue weighted by Crippen LogP contribution is -2.56. The number of nitrogens with one attached hydrogen (secondary N) is 1. The average Bonchev–Trinajstić information content (AvgIpc) is 3.41. The van der Waals surface area contributed by atoms with E-state index in [1.54, 1.807) is 48.9 Å². The molecule has 1 saturated carbocycles. The quantitative estimate of drug-likeness (QED) is 0.350. The molecule has 2 aromatic rings. The summed E-state index contributed by atoms with van der Waals surface area (Å²) in [6.45, 7) is 6.14. The van der Waals surface area contributed by atoms with Gasteiger partial charge in [0.1, 0.15) is 17.2 Å². The van der Waals surface area contributed by atoms with E-state index in [0.29, 0.717) is 24.2 Å². The molecule has 1 aromatic carbocycles. The first-order chi connectivity index (χ1) is 23.4. The number of carboxylic acid groups (broad SMARTS) is 1.